The van der Waals surface area contributed by atoms with Crippen molar-refractivity contribution in [2.75, 3.05) is 13.1 Å². The van der Waals surface area contributed by atoms with Gasteiger partial charge in [0.05, 0.1) is 17.5 Å². The van der Waals surface area contributed by atoms with Crippen molar-refractivity contribution in [3.05, 3.63) is 36.5 Å². The number of fused-ring (bicyclic) bond motifs is 1. The molecule has 29 heavy (non-hydrogen) atoms. The molecule has 1 aromatic heterocycles. The molecule has 0 unspecified atom stereocenters. The first-order valence-corrected chi connectivity index (χ1v) is 11.7. The van der Waals surface area contributed by atoms with E-state index in [1.54, 1.807) is 24.4 Å². The number of benzene rings is 1. The van der Waals surface area contributed by atoms with E-state index in [-0.39, 0.29) is 35.4 Å². The van der Waals surface area contributed by atoms with Crippen molar-refractivity contribution in [1.82, 2.24) is 14.6 Å². The largest absolute Gasteiger partial charge is 0.393 e. The summed E-state index contributed by atoms with van der Waals surface area (Å²) >= 11 is 0. The quantitative estimate of drug-likeness (QED) is 0.793. The van der Waals surface area contributed by atoms with Crippen LogP contribution >= 0.6 is 0 Å². The molecule has 2 fully saturated rings. The summed E-state index contributed by atoms with van der Waals surface area (Å²) in [5.74, 6) is -0.435. The van der Waals surface area contributed by atoms with Crippen molar-refractivity contribution in [2.24, 2.45) is 5.92 Å². The first kappa shape index (κ1) is 20.3. The molecule has 1 amide bonds. The highest BCUT2D eigenvalue weighted by molar-refractivity contribution is 7.89. The van der Waals surface area contributed by atoms with Gasteiger partial charge < -0.3 is 10.4 Å². The molecule has 0 radical (unpaired) electrons. The van der Waals surface area contributed by atoms with Gasteiger partial charge in [-0.3, -0.25) is 9.78 Å². The summed E-state index contributed by atoms with van der Waals surface area (Å²) in [7, 11) is -3.74. The average Bonchev–Trinajstić information content (AvgIpc) is 2.75. The molecule has 2 aliphatic rings. The van der Waals surface area contributed by atoms with E-state index in [9.17, 15) is 18.3 Å². The van der Waals surface area contributed by atoms with Crippen LogP contribution in [0.4, 0.5) is 0 Å². The van der Waals surface area contributed by atoms with E-state index >= 15 is 0 Å². The maximum absolute atomic E-state index is 13.3. The zero-order valence-electron chi connectivity index (χ0n) is 16.3. The second-order valence-corrected chi connectivity index (χ2v) is 9.95. The minimum Gasteiger partial charge on any atom is -0.393 e. The summed E-state index contributed by atoms with van der Waals surface area (Å²) in [6, 6.07) is 8.85. The zero-order chi connectivity index (χ0) is 20.4. The normalized spacial score (nSPS) is 26.3. The molecule has 1 saturated carbocycles. The number of carbonyl (C=O) groups is 1. The minimum absolute atomic E-state index is 0.0696. The van der Waals surface area contributed by atoms with Crippen LogP contribution in [0.3, 0.4) is 0 Å². The van der Waals surface area contributed by atoms with Crippen LogP contribution in [0.25, 0.3) is 10.9 Å². The summed E-state index contributed by atoms with van der Waals surface area (Å²) in [6.45, 7) is 0.595. The van der Waals surface area contributed by atoms with Gasteiger partial charge in [0.2, 0.25) is 15.9 Å². The number of pyridine rings is 1. The third-order valence-electron chi connectivity index (χ3n) is 6.01. The van der Waals surface area contributed by atoms with Crippen molar-refractivity contribution >= 4 is 26.8 Å². The minimum atomic E-state index is -3.74. The Kier molecular flexibility index (Phi) is 5.85. The van der Waals surface area contributed by atoms with E-state index in [4.69, 9.17) is 0 Å². The highest BCUT2D eigenvalue weighted by atomic mass is 32.2. The van der Waals surface area contributed by atoms with E-state index in [0.29, 0.717) is 37.7 Å². The van der Waals surface area contributed by atoms with E-state index in [1.807, 2.05) is 12.1 Å². The molecule has 0 spiro atoms. The van der Waals surface area contributed by atoms with Crippen LogP contribution in [0.15, 0.2) is 41.4 Å². The van der Waals surface area contributed by atoms with Crippen molar-refractivity contribution < 1.29 is 18.3 Å². The van der Waals surface area contributed by atoms with E-state index in [2.05, 4.69) is 10.3 Å². The number of aromatic nitrogens is 1. The van der Waals surface area contributed by atoms with Gasteiger partial charge in [-0.05, 0) is 50.7 Å². The number of nitrogens with zero attached hydrogens (tertiary/aromatic N) is 2. The van der Waals surface area contributed by atoms with Gasteiger partial charge in [-0.15, -0.1) is 0 Å². The number of nitrogens with one attached hydrogen (secondary N) is 1. The Hall–Kier alpha value is -2.03. The standard InChI is InChI=1S/C21H27N3O4S/c25-18-10-8-17(9-11-18)23-21(26)16-6-3-13-24(14-16)29(27,28)19-7-1-4-15-5-2-12-22-20(15)19/h1-2,4-5,7,12,16-18,25H,3,6,8-11,13-14H2,(H,23,26)/t16-,17?,18?/m0/s1. The molecule has 1 saturated heterocycles. The fourth-order valence-electron chi connectivity index (χ4n) is 4.34. The average molecular weight is 418 g/mol. The number of sulfonamides is 1. The first-order valence-electron chi connectivity index (χ1n) is 10.3. The molecule has 1 aliphatic heterocycles. The first-order chi connectivity index (χ1) is 13.9. The molecular formula is C21H27N3O4S. The molecular weight excluding hydrogens is 390 g/mol. The van der Waals surface area contributed by atoms with Crippen LogP contribution in [0, 0.1) is 5.92 Å². The number of aliphatic hydroxyl groups excluding tert-OH is 1. The van der Waals surface area contributed by atoms with Crippen LogP contribution < -0.4 is 5.32 Å². The van der Waals surface area contributed by atoms with Gasteiger partial charge in [-0.25, -0.2) is 8.42 Å². The monoisotopic (exact) mass is 417 g/mol. The second-order valence-electron chi connectivity index (χ2n) is 8.05. The van der Waals surface area contributed by atoms with Crippen LogP contribution in [-0.4, -0.2) is 54.0 Å². The number of para-hydroxylation sites is 1. The molecule has 156 valence electrons. The van der Waals surface area contributed by atoms with Gasteiger partial charge >= 0.3 is 0 Å². The molecule has 1 aliphatic carbocycles. The molecule has 2 aromatic rings. The van der Waals surface area contributed by atoms with Crippen molar-refractivity contribution in [3.63, 3.8) is 0 Å². The topological polar surface area (TPSA) is 99.6 Å². The van der Waals surface area contributed by atoms with Gasteiger partial charge in [0, 0.05) is 30.7 Å². The number of piperidine rings is 1. The molecule has 2 N–H and O–H groups in total. The lowest BCUT2D eigenvalue weighted by Gasteiger charge is -2.33. The third-order valence-corrected chi connectivity index (χ3v) is 7.91. The smallest absolute Gasteiger partial charge is 0.245 e. The molecule has 2 heterocycles. The molecule has 7 nitrogen and oxygen atoms in total. The van der Waals surface area contributed by atoms with Gasteiger partial charge in [-0.1, -0.05) is 18.2 Å². The Morgan fingerprint density at radius 1 is 1.10 bits per heavy atom. The van der Waals surface area contributed by atoms with E-state index in [1.165, 1.54) is 4.31 Å². The van der Waals surface area contributed by atoms with Crippen LogP contribution in [0.1, 0.15) is 38.5 Å². The lowest BCUT2D eigenvalue weighted by Crippen LogP contribution is -2.48. The van der Waals surface area contributed by atoms with Crippen molar-refractivity contribution in [2.45, 2.75) is 55.6 Å². The summed E-state index contributed by atoms with van der Waals surface area (Å²) < 4.78 is 28.1. The SMILES string of the molecule is O=C(NC1CCC(O)CC1)[C@H]1CCCN(S(=O)(=O)c2cccc3cccnc23)C1. The lowest BCUT2D eigenvalue weighted by molar-refractivity contribution is -0.127. The number of hydrogen-bond acceptors (Lipinski definition) is 5. The van der Waals surface area contributed by atoms with Gasteiger partial charge in [0.1, 0.15) is 4.90 Å². The third kappa shape index (κ3) is 4.29. The summed E-state index contributed by atoms with van der Waals surface area (Å²) in [4.78, 5) is 17.2. The molecule has 8 heteroatoms. The summed E-state index contributed by atoms with van der Waals surface area (Å²) in [5.41, 5.74) is 0.460. The number of hydrogen-bond donors (Lipinski definition) is 2. The summed E-state index contributed by atoms with van der Waals surface area (Å²) in [5, 5.41) is 13.5. The van der Waals surface area contributed by atoms with Gasteiger partial charge in [-0.2, -0.15) is 4.31 Å². The maximum Gasteiger partial charge on any atom is 0.245 e. The Balaban J connectivity index is 1.49. The fraction of sp³-hybridized carbons (Fsp3) is 0.524. The summed E-state index contributed by atoms with van der Waals surface area (Å²) in [6.07, 6.45) is 5.59. The highest BCUT2D eigenvalue weighted by Gasteiger charge is 2.35. The van der Waals surface area contributed by atoms with Crippen LogP contribution in [-0.2, 0) is 14.8 Å². The van der Waals surface area contributed by atoms with Crippen LogP contribution in [0.5, 0.6) is 0 Å². The Morgan fingerprint density at radius 2 is 1.86 bits per heavy atom. The zero-order valence-corrected chi connectivity index (χ0v) is 17.1. The van der Waals surface area contributed by atoms with Crippen LogP contribution in [0.2, 0.25) is 0 Å². The molecule has 4 rings (SSSR count). The Bertz CT molecular complexity index is 981. The maximum atomic E-state index is 13.3. The number of carbonyl (C=O) groups excluding carboxylic acids is 1. The van der Waals surface area contributed by atoms with Crippen molar-refractivity contribution in [1.29, 1.82) is 0 Å². The number of rotatable bonds is 4. The van der Waals surface area contributed by atoms with Gasteiger partial charge in [0.15, 0.2) is 0 Å². The van der Waals surface area contributed by atoms with Crippen molar-refractivity contribution in [3.8, 4) is 0 Å². The predicted molar refractivity (Wildman–Crippen MR) is 110 cm³/mol. The molecule has 0 bridgehead atoms. The number of amides is 1. The molecule has 1 atom stereocenters. The Morgan fingerprint density at radius 3 is 2.66 bits per heavy atom. The fourth-order valence-corrected chi connectivity index (χ4v) is 6.03. The van der Waals surface area contributed by atoms with E-state index in [0.717, 1.165) is 18.2 Å². The highest BCUT2D eigenvalue weighted by Crippen LogP contribution is 2.28. The lowest BCUT2D eigenvalue weighted by atomic mass is 9.92. The number of aliphatic hydroxyl groups is 1. The predicted octanol–water partition coefficient (Wildman–Crippen LogP) is 2.06. The van der Waals surface area contributed by atoms with Gasteiger partial charge in [0.25, 0.3) is 0 Å². The molecule has 1 aromatic carbocycles. The second kappa shape index (κ2) is 8.38. The van der Waals surface area contributed by atoms with E-state index < -0.39 is 10.0 Å². The Labute approximate surface area is 171 Å².